The summed E-state index contributed by atoms with van der Waals surface area (Å²) in [5.74, 6) is 0.640. The number of pyridine rings is 1. The van der Waals surface area contributed by atoms with Crippen LogP contribution in [0.4, 0.5) is 0 Å². The maximum atomic E-state index is 12.4. The van der Waals surface area contributed by atoms with Crippen molar-refractivity contribution in [2.75, 3.05) is 13.1 Å². The third-order valence-electron chi connectivity index (χ3n) is 4.89. The van der Waals surface area contributed by atoms with Crippen LogP contribution in [0.3, 0.4) is 0 Å². The highest BCUT2D eigenvalue weighted by Gasteiger charge is 2.32. The zero-order chi connectivity index (χ0) is 15.9. The Morgan fingerprint density at radius 1 is 1.32 bits per heavy atom. The molecule has 2 atom stereocenters. The molecule has 0 bridgehead atoms. The second kappa shape index (κ2) is 5.88. The highest BCUT2D eigenvalue weighted by atomic mass is 16.2. The van der Waals surface area contributed by atoms with E-state index in [-0.39, 0.29) is 17.5 Å². The van der Waals surface area contributed by atoms with Crippen molar-refractivity contribution in [3.05, 3.63) is 33.7 Å². The molecule has 1 aromatic heterocycles. The van der Waals surface area contributed by atoms with Gasteiger partial charge in [-0.2, -0.15) is 0 Å². The van der Waals surface area contributed by atoms with Crippen molar-refractivity contribution in [1.82, 2.24) is 15.2 Å². The van der Waals surface area contributed by atoms with Gasteiger partial charge < -0.3 is 10.3 Å². The van der Waals surface area contributed by atoms with E-state index in [4.69, 9.17) is 0 Å². The third kappa shape index (κ3) is 3.09. The Morgan fingerprint density at radius 3 is 2.59 bits per heavy atom. The molecule has 1 amide bonds. The van der Waals surface area contributed by atoms with Crippen LogP contribution in [0.2, 0.25) is 0 Å². The van der Waals surface area contributed by atoms with Gasteiger partial charge in [-0.1, -0.05) is 13.0 Å². The average Bonchev–Trinajstić information content (AvgIpc) is 3.23. The number of carbonyl (C=O) groups is 1. The van der Waals surface area contributed by atoms with Crippen molar-refractivity contribution in [1.29, 1.82) is 0 Å². The standard InChI is InChI=1S/C17H25N3O2/c1-10(2)20-8-11(3)15(9-20)19-17(22)14-7-6-13(12-4-5-12)16(21)18-14/h6-7,10-12,15H,4-5,8-9H2,1-3H3,(H,18,21)(H,19,22). The van der Waals surface area contributed by atoms with E-state index in [0.717, 1.165) is 31.5 Å². The van der Waals surface area contributed by atoms with Crippen LogP contribution in [0.5, 0.6) is 0 Å². The number of nitrogens with zero attached hydrogens (tertiary/aromatic N) is 1. The zero-order valence-electron chi connectivity index (χ0n) is 13.6. The number of hydrogen-bond donors (Lipinski definition) is 2. The smallest absolute Gasteiger partial charge is 0.268 e. The monoisotopic (exact) mass is 303 g/mol. The van der Waals surface area contributed by atoms with E-state index in [2.05, 4.69) is 36.0 Å². The van der Waals surface area contributed by atoms with Crippen LogP contribution >= 0.6 is 0 Å². The predicted molar refractivity (Wildman–Crippen MR) is 86.2 cm³/mol. The first-order chi connectivity index (χ1) is 10.5. The molecular formula is C17H25N3O2. The maximum Gasteiger partial charge on any atom is 0.268 e. The predicted octanol–water partition coefficient (Wildman–Crippen LogP) is 1.71. The van der Waals surface area contributed by atoms with Gasteiger partial charge in [-0.15, -0.1) is 0 Å². The minimum absolute atomic E-state index is 0.113. The molecule has 2 heterocycles. The summed E-state index contributed by atoms with van der Waals surface area (Å²) in [4.78, 5) is 29.5. The molecule has 1 saturated carbocycles. The van der Waals surface area contributed by atoms with Crippen LogP contribution in [0, 0.1) is 5.92 Å². The van der Waals surface area contributed by atoms with Crippen molar-refractivity contribution in [3.63, 3.8) is 0 Å². The molecular weight excluding hydrogens is 278 g/mol. The fraction of sp³-hybridized carbons (Fsp3) is 0.647. The molecule has 0 radical (unpaired) electrons. The van der Waals surface area contributed by atoms with Gasteiger partial charge in [-0.25, -0.2) is 0 Å². The van der Waals surface area contributed by atoms with Crippen molar-refractivity contribution in [2.45, 2.75) is 51.6 Å². The summed E-state index contributed by atoms with van der Waals surface area (Å²) in [5.41, 5.74) is 1.07. The van der Waals surface area contributed by atoms with Gasteiger partial charge >= 0.3 is 0 Å². The summed E-state index contributed by atoms with van der Waals surface area (Å²) < 4.78 is 0. The Morgan fingerprint density at radius 2 is 2.05 bits per heavy atom. The van der Waals surface area contributed by atoms with E-state index in [0.29, 0.717) is 23.6 Å². The molecule has 1 saturated heterocycles. The number of rotatable bonds is 4. The lowest BCUT2D eigenvalue weighted by molar-refractivity contribution is 0.0925. The second-order valence-corrected chi connectivity index (χ2v) is 7.04. The second-order valence-electron chi connectivity index (χ2n) is 7.04. The van der Waals surface area contributed by atoms with Gasteiger partial charge in [0.05, 0.1) is 0 Å². The van der Waals surface area contributed by atoms with E-state index in [1.165, 1.54) is 0 Å². The Hall–Kier alpha value is -1.62. The quantitative estimate of drug-likeness (QED) is 0.890. The van der Waals surface area contributed by atoms with Crippen molar-refractivity contribution < 1.29 is 4.79 Å². The van der Waals surface area contributed by atoms with E-state index in [9.17, 15) is 9.59 Å². The molecule has 1 aliphatic heterocycles. The van der Waals surface area contributed by atoms with Gasteiger partial charge in [0.2, 0.25) is 0 Å². The number of carbonyl (C=O) groups excluding carboxylic acids is 1. The van der Waals surface area contributed by atoms with Gasteiger partial charge in [0.15, 0.2) is 0 Å². The summed E-state index contributed by atoms with van der Waals surface area (Å²) in [6.45, 7) is 8.37. The van der Waals surface area contributed by atoms with Crippen LogP contribution in [-0.4, -0.2) is 41.0 Å². The lowest BCUT2D eigenvalue weighted by Crippen LogP contribution is -2.41. The van der Waals surface area contributed by atoms with Crippen LogP contribution in [0.15, 0.2) is 16.9 Å². The molecule has 5 nitrogen and oxygen atoms in total. The maximum absolute atomic E-state index is 12.4. The van der Waals surface area contributed by atoms with Crippen molar-refractivity contribution in [3.8, 4) is 0 Å². The third-order valence-corrected chi connectivity index (χ3v) is 4.89. The summed E-state index contributed by atoms with van der Waals surface area (Å²) in [5, 5.41) is 3.07. The molecule has 2 aliphatic rings. The normalized spacial score (nSPS) is 25.6. The first-order valence-corrected chi connectivity index (χ1v) is 8.24. The first-order valence-electron chi connectivity index (χ1n) is 8.24. The van der Waals surface area contributed by atoms with Gasteiger partial charge in [0.25, 0.3) is 11.5 Å². The number of aromatic nitrogens is 1. The molecule has 1 aromatic rings. The van der Waals surface area contributed by atoms with Gasteiger partial charge in [-0.05, 0) is 44.6 Å². The fourth-order valence-corrected chi connectivity index (χ4v) is 3.19. The van der Waals surface area contributed by atoms with Crippen LogP contribution in [0.25, 0.3) is 0 Å². The lowest BCUT2D eigenvalue weighted by Gasteiger charge is -2.20. The van der Waals surface area contributed by atoms with Gasteiger partial charge in [-0.3, -0.25) is 14.5 Å². The minimum atomic E-state index is -0.179. The highest BCUT2D eigenvalue weighted by molar-refractivity contribution is 5.92. The molecule has 2 N–H and O–H groups in total. The SMILES string of the molecule is CC1CN(C(C)C)CC1NC(=O)c1ccc(C2CC2)c(=O)[nH]1. The lowest BCUT2D eigenvalue weighted by atomic mass is 10.1. The highest BCUT2D eigenvalue weighted by Crippen LogP contribution is 2.38. The molecule has 3 rings (SSSR count). The largest absolute Gasteiger partial charge is 0.346 e. The Bertz CT molecular complexity index is 619. The topological polar surface area (TPSA) is 65.2 Å². The summed E-state index contributed by atoms with van der Waals surface area (Å²) >= 11 is 0. The van der Waals surface area contributed by atoms with Crippen LogP contribution in [-0.2, 0) is 0 Å². The van der Waals surface area contributed by atoms with Crippen LogP contribution in [0.1, 0.15) is 55.6 Å². The Balaban J connectivity index is 1.67. The van der Waals surface area contributed by atoms with E-state index >= 15 is 0 Å². The average molecular weight is 303 g/mol. The molecule has 2 fully saturated rings. The molecule has 0 aromatic carbocycles. The molecule has 1 aliphatic carbocycles. The van der Waals surface area contributed by atoms with Gasteiger partial charge in [0.1, 0.15) is 5.69 Å². The zero-order valence-corrected chi connectivity index (χ0v) is 13.6. The Labute approximate surface area is 131 Å². The number of likely N-dealkylation sites (tertiary alicyclic amines) is 1. The van der Waals surface area contributed by atoms with Gasteiger partial charge in [0, 0.05) is 30.7 Å². The Kier molecular flexibility index (Phi) is 4.08. The fourth-order valence-electron chi connectivity index (χ4n) is 3.19. The first kappa shape index (κ1) is 15.3. The molecule has 2 unspecified atom stereocenters. The molecule has 5 heteroatoms. The van der Waals surface area contributed by atoms with Crippen molar-refractivity contribution >= 4 is 5.91 Å². The number of amides is 1. The summed E-state index contributed by atoms with van der Waals surface area (Å²) in [6, 6.07) is 4.18. The summed E-state index contributed by atoms with van der Waals surface area (Å²) in [7, 11) is 0. The molecule has 120 valence electrons. The summed E-state index contributed by atoms with van der Waals surface area (Å²) in [6.07, 6.45) is 2.17. The van der Waals surface area contributed by atoms with Crippen LogP contribution < -0.4 is 10.9 Å². The number of hydrogen-bond acceptors (Lipinski definition) is 3. The number of H-pyrrole nitrogens is 1. The molecule has 0 spiro atoms. The van der Waals surface area contributed by atoms with E-state index in [1.54, 1.807) is 6.07 Å². The minimum Gasteiger partial charge on any atom is -0.346 e. The number of aromatic amines is 1. The molecule has 22 heavy (non-hydrogen) atoms. The van der Waals surface area contributed by atoms with Crippen molar-refractivity contribution in [2.24, 2.45) is 5.92 Å². The number of nitrogens with one attached hydrogen (secondary N) is 2. The van der Waals surface area contributed by atoms with E-state index < -0.39 is 0 Å². The van der Waals surface area contributed by atoms with E-state index in [1.807, 2.05) is 6.07 Å².